The van der Waals surface area contributed by atoms with Crippen LogP contribution in [0, 0.1) is 29.1 Å². The minimum Gasteiger partial charge on any atom is -0.458 e. The molecule has 3 aliphatic rings. The summed E-state index contributed by atoms with van der Waals surface area (Å²) < 4.78 is 17.8. The minimum atomic E-state index is -1.78. The summed E-state index contributed by atoms with van der Waals surface area (Å²) in [6, 6.07) is 8.44. The van der Waals surface area contributed by atoms with Crippen LogP contribution in [0.3, 0.4) is 0 Å². The van der Waals surface area contributed by atoms with Crippen molar-refractivity contribution < 1.29 is 38.5 Å². The summed E-state index contributed by atoms with van der Waals surface area (Å²) in [6.45, 7) is 9.79. The first-order valence-corrected chi connectivity index (χ1v) is 13.5. The third-order valence-corrected chi connectivity index (χ3v) is 8.77. The van der Waals surface area contributed by atoms with Gasteiger partial charge in [0.25, 0.3) is 0 Å². The van der Waals surface area contributed by atoms with E-state index in [2.05, 4.69) is 13.8 Å². The quantitative estimate of drug-likeness (QED) is 0.337. The van der Waals surface area contributed by atoms with Gasteiger partial charge in [-0.15, -0.1) is 0 Å². The molecule has 2 fully saturated rings. The van der Waals surface area contributed by atoms with Crippen LogP contribution in [0.5, 0.6) is 0 Å². The van der Waals surface area contributed by atoms with Gasteiger partial charge < -0.3 is 19.3 Å². The van der Waals surface area contributed by atoms with E-state index in [0.29, 0.717) is 23.1 Å². The first-order chi connectivity index (χ1) is 18.3. The molecule has 39 heavy (non-hydrogen) atoms. The standard InChI is InChI=1S/C31H38O8/c1-17-14-24-23(30(24,5)6)13-12-22(16-32)27(37-19(3)33)25-26(38-29(36)21-10-8-7-9-11-21)18(2)15-31(25,28(17)35)39-20(4)34/h7-12,14,18,23-27,32H,13,15-16H2,1-6H3/b17-14+,22-12-/t18-,23-,24+,25+,26-,27-,31+/m0/s1. The van der Waals surface area contributed by atoms with Crippen LogP contribution in [0.1, 0.15) is 64.7 Å². The van der Waals surface area contributed by atoms with Gasteiger partial charge in [0, 0.05) is 20.3 Å². The van der Waals surface area contributed by atoms with Crippen molar-refractivity contribution in [3.05, 3.63) is 59.2 Å². The lowest BCUT2D eigenvalue weighted by Gasteiger charge is -2.39. The number of aliphatic hydroxyl groups is 1. The Morgan fingerprint density at radius 2 is 1.72 bits per heavy atom. The molecule has 2 saturated carbocycles. The largest absolute Gasteiger partial charge is 0.458 e. The topological polar surface area (TPSA) is 116 Å². The lowest BCUT2D eigenvalue weighted by molar-refractivity contribution is -0.179. The number of carbonyl (C=O) groups is 4. The average molecular weight is 539 g/mol. The van der Waals surface area contributed by atoms with E-state index >= 15 is 0 Å². The van der Waals surface area contributed by atoms with Crippen LogP contribution in [0.25, 0.3) is 0 Å². The number of benzene rings is 1. The molecule has 0 heterocycles. The van der Waals surface area contributed by atoms with Crippen LogP contribution in [-0.2, 0) is 28.6 Å². The van der Waals surface area contributed by atoms with Gasteiger partial charge in [-0.25, -0.2) is 4.79 Å². The smallest absolute Gasteiger partial charge is 0.338 e. The molecule has 8 nitrogen and oxygen atoms in total. The Balaban J connectivity index is 1.91. The molecule has 0 amide bonds. The van der Waals surface area contributed by atoms with Crippen LogP contribution in [-0.4, -0.2) is 53.2 Å². The van der Waals surface area contributed by atoms with Gasteiger partial charge in [0.15, 0.2) is 5.60 Å². The first-order valence-electron chi connectivity index (χ1n) is 13.5. The number of hydrogen-bond donors (Lipinski definition) is 1. The van der Waals surface area contributed by atoms with E-state index in [-0.39, 0.29) is 23.7 Å². The second-order valence-corrected chi connectivity index (χ2v) is 11.8. The van der Waals surface area contributed by atoms with E-state index in [4.69, 9.17) is 14.2 Å². The summed E-state index contributed by atoms with van der Waals surface area (Å²) >= 11 is 0. The van der Waals surface area contributed by atoms with Gasteiger partial charge in [0.05, 0.1) is 18.1 Å². The number of rotatable bonds is 5. The van der Waals surface area contributed by atoms with Gasteiger partial charge in [-0.2, -0.15) is 0 Å². The molecule has 0 saturated heterocycles. The zero-order valence-corrected chi connectivity index (χ0v) is 23.4. The van der Waals surface area contributed by atoms with Crippen molar-refractivity contribution in [2.24, 2.45) is 29.1 Å². The average Bonchev–Trinajstić information content (AvgIpc) is 3.26. The molecular formula is C31H38O8. The summed E-state index contributed by atoms with van der Waals surface area (Å²) in [6.07, 6.45) is 2.33. The highest BCUT2D eigenvalue weighted by Gasteiger charge is 2.65. The van der Waals surface area contributed by atoms with Crippen LogP contribution < -0.4 is 0 Å². The highest BCUT2D eigenvalue weighted by Crippen LogP contribution is 2.62. The summed E-state index contributed by atoms with van der Waals surface area (Å²) in [7, 11) is 0. The SMILES string of the molecule is CC(=O)O[C@H]1/C(CO)=C\C[C@H]2[C@@H](/C=C(\C)C(=O)[C@@]3(OC(C)=O)C[C@H](C)[C@H](OC(=O)c4ccccc4)[C@H]13)C2(C)C. The van der Waals surface area contributed by atoms with Gasteiger partial charge in [-0.1, -0.05) is 51.1 Å². The Morgan fingerprint density at radius 1 is 1.05 bits per heavy atom. The van der Waals surface area contributed by atoms with E-state index < -0.39 is 59.9 Å². The molecule has 3 aliphatic carbocycles. The molecule has 7 atom stereocenters. The van der Waals surface area contributed by atoms with E-state index in [1.165, 1.54) is 13.8 Å². The van der Waals surface area contributed by atoms with Crippen molar-refractivity contribution in [3.8, 4) is 0 Å². The molecule has 1 N–H and O–H groups in total. The molecule has 4 rings (SSSR count). The fourth-order valence-corrected chi connectivity index (χ4v) is 6.73. The second-order valence-electron chi connectivity index (χ2n) is 11.8. The monoisotopic (exact) mass is 538 g/mol. The highest BCUT2D eigenvalue weighted by atomic mass is 16.6. The van der Waals surface area contributed by atoms with E-state index in [1.807, 2.05) is 19.1 Å². The predicted molar refractivity (Wildman–Crippen MR) is 142 cm³/mol. The lowest BCUT2D eigenvalue weighted by Crippen LogP contribution is -2.55. The molecule has 0 aromatic heterocycles. The molecule has 210 valence electrons. The van der Waals surface area contributed by atoms with Gasteiger partial charge >= 0.3 is 17.9 Å². The minimum absolute atomic E-state index is 0.0575. The zero-order chi connectivity index (χ0) is 28.7. The second kappa shape index (κ2) is 10.7. The van der Waals surface area contributed by atoms with Gasteiger partial charge in [0.1, 0.15) is 12.2 Å². The highest BCUT2D eigenvalue weighted by molar-refractivity contribution is 6.03. The van der Waals surface area contributed by atoms with Crippen LogP contribution in [0.4, 0.5) is 0 Å². The first kappa shape index (κ1) is 28.7. The van der Waals surface area contributed by atoms with Crippen LogP contribution >= 0.6 is 0 Å². The molecule has 0 radical (unpaired) electrons. The number of ketones is 1. The molecule has 1 aromatic rings. The fraction of sp³-hybridized carbons (Fsp3) is 0.548. The Morgan fingerprint density at radius 3 is 2.31 bits per heavy atom. The molecular weight excluding hydrogens is 500 g/mol. The fourth-order valence-electron chi connectivity index (χ4n) is 6.73. The van der Waals surface area contributed by atoms with Crippen molar-refractivity contribution in [2.75, 3.05) is 6.61 Å². The van der Waals surface area contributed by atoms with Crippen molar-refractivity contribution in [1.82, 2.24) is 0 Å². The van der Waals surface area contributed by atoms with Crippen molar-refractivity contribution >= 4 is 23.7 Å². The summed E-state index contributed by atoms with van der Waals surface area (Å²) in [5.74, 6) is -3.53. The van der Waals surface area contributed by atoms with Crippen molar-refractivity contribution in [2.45, 2.75) is 72.2 Å². The maximum atomic E-state index is 14.4. The van der Waals surface area contributed by atoms with Gasteiger partial charge in [-0.05, 0) is 59.8 Å². The number of Topliss-reactive ketones (excluding diaryl/α,β-unsaturated/α-hetero) is 1. The number of ether oxygens (including phenoxy) is 3. The Bertz CT molecular complexity index is 1210. The molecule has 1 aromatic carbocycles. The van der Waals surface area contributed by atoms with Crippen molar-refractivity contribution in [1.29, 1.82) is 0 Å². The van der Waals surface area contributed by atoms with E-state index in [0.717, 1.165) is 0 Å². The maximum Gasteiger partial charge on any atom is 0.338 e. The number of hydrogen-bond acceptors (Lipinski definition) is 8. The Kier molecular flexibility index (Phi) is 7.90. The van der Waals surface area contributed by atoms with E-state index in [1.54, 1.807) is 37.3 Å². The Hall–Kier alpha value is -3.26. The third-order valence-electron chi connectivity index (χ3n) is 8.77. The molecule has 0 unspecified atom stereocenters. The van der Waals surface area contributed by atoms with Gasteiger partial charge in [0.2, 0.25) is 5.78 Å². The summed E-state index contributed by atoms with van der Waals surface area (Å²) in [5.41, 5.74) is -0.702. The number of aliphatic hydroxyl groups excluding tert-OH is 1. The maximum absolute atomic E-state index is 14.4. The molecule has 0 aliphatic heterocycles. The van der Waals surface area contributed by atoms with Crippen LogP contribution in [0.15, 0.2) is 53.6 Å². The molecule has 0 spiro atoms. The van der Waals surface area contributed by atoms with E-state index in [9.17, 15) is 24.3 Å². The summed E-state index contributed by atoms with van der Waals surface area (Å²) in [5, 5.41) is 10.5. The Labute approximate surface area is 229 Å². The van der Waals surface area contributed by atoms with Crippen molar-refractivity contribution in [3.63, 3.8) is 0 Å². The number of carbonyl (C=O) groups excluding carboxylic acids is 4. The normalized spacial score (nSPS) is 36.0. The number of allylic oxidation sites excluding steroid dienone is 2. The number of esters is 3. The number of fused-ring (bicyclic) bond motifs is 2. The summed E-state index contributed by atoms with van der Waals surface area (Å²) in [4.78, 5) is 52.6. The van der Waals surface area contributed by atoms with Gasteiger partial charge in [-0.3, -0.25) is 14.4 Å². The lowest BCUT2D eigenvalue weighted by atomic mass is 9.77. The predicted octanol–water partition coefficient (Wildman–Crippen LogP) is 4.21. The third kappa shape index (κ3) is 5.31. The molecule has 0 bridgehead atoms. The van der Waals surface area contributed by atoms with Crippen LogP contribution in [0.2, 0.25) is 0 Å². The zero-order valence-electron chi connectivity index (χ0n) is 23.4. The molecule has 8 heteroatoms.